The van der Waals surface area contributed by atoms with Crippen molar-refractivity contribution >= 4 is 5.97 Å². The zero-order valence-electron chi connectivity index (χ0n) is 21.6. The summed E-state index contributed by atoms with van der Waals surface area (Å²) in [6.07, 6.45) is 6.02. The fourth-order valence-corrected chi connectivity index (χ4v) is 7.41. The van der Waals surface area contributed by atoms with Gasteiger partial charge in [-0.3, -0.25) is 4.79 Å². The molecule has 188 valence electrons. The molecule has 5 heteroatoms. The van der Waals surface area contributed by atoms with Crippen molar-refractivity contribution in [3.05, 3.63) is 0 Å². The van der Waals surface area contributed by atoms with Crippen LogP contribution in [0.5, 0.6) is 0 Å². The lowest BCUT2D eigenvalue weighted by molar-refractivity contribution is -0.159. The van der Waals surface area contributed by atoms with Crippen LogP contribution in [0.1, 0.15) is 99.3 Å². The van der Waals surface area contributed by atoms with Gasteiger partial charge in [-0.2, -0.15) is 0 Å². The summed E-state index contributed by atoms with van der Waals surface area (Å²) in [4.78, 5) is 11.7. The Morgan fingerprint density at radius 3 is 2.38 bits per heavy atom. The predicted octanol–water partition coefficient (Wildman–Crippen LogP) is 4.95. The zero-order valence-corrected chi connectivity index (χ0v) is 21.6. The van der Waals surface area contributed by atoms with Gasteiger partial charge >= 0.3 is 5.97 Å². The Balaban J connectivity index is 2.29. The number of hydrogen-bond acceptors (Lipinski definition) is 5. The van der Waals surface area contributed by atoms with E-state index in [1.165, 1.54) is 7.11 Å². The number of carbonyl (C=O) groups excluding carboxylic acids is 1. The maximum Gasteiger partial charge on any atom is 0.305 e. The fourth-order valence-electron chi connectivity index (χ4n) is 7.41. The molecule has 0 saturated heterocycles. The lowest BCUT2D eigenvalue weighted by Gasteiger charge is -2.57. The first-order valence-corrected chi connectivity index (χ1v) is 13.0. The number of hydrogen-bond donors (Lipinski definition) is 3. The van der Waals surface area contributed by atoms with E-state index in [-0.39, 0.29) is 46.8 Å². The molecule has 5 nitrogen and oxygen atoms in total. The molecule has 0 radical (unpaired) electrons. The molecular weight excluding hydrogens is 404 g/mol. The van der Waals surface area contributed by atoms with Crippen LogP contribution in [-0.4, -0.2) is 46.7 Å². The standard InChI is InChI=1S/C27H50O5/c1-8-18(28)14-15-26(4,5)21-16-23(30)27(6)19(17(3)10-13-24(31)32-7)11-12-20(27)25(21)22(29)9-2/h17-23,25,28-30H,8-16H2,1-7H3/t17-,18+,19-,20+,21+,22-,23+,25?,27-/m1/s1. The summed E-state index contributed by atoms with van der Waals surface area (Å²) in [6, 6.07) is 0. The topological polar surface area (TPSA) is 87.0 Å². The summed E-state index contributed by atoms with van der Waals surface area (Å²) in [5, 5.41) is 33.0. The van der Waals surface area contributed by atoms with E-state index in [9.17, 15) is 20.1 Å². The van der Waals surface area contributed by atoms with Crippen molar-refractivity contribution in [2.45, 2.75) is 118 Å². The average molecular weight is 455 g/mol. The summed E-state index contributed by atoms with van der Waals surface area (Å²) in [5.41, 5.74) is -0.306. The van der Waals surface area contributed by atoms with Crippen LogP contribution in [0.25, 0.3) is 0 Å². The molecule has 0 aromatic carbocycles. The van der Waals surface area contributed by atoms with Gasteiger partial charge in [-0.15, -0.1) is 0 Å². The van der Waals surface area contributed by atoms with Crippen molar-refractivity contribution in [3.8, 4) is 0 Å². The van der Waals surface area contributed by atoms with E-state index in [0.29, 0.717) is 24.7 Å². The second kappa shape index (κ2) is 11.2. The molecule has 0 aromatic rings. The third-order valence-electron chi connectivity index (χ3n) is 9.69. The molecule has 2 rings (SSSR count). The number of aliphatic hydroxyl groups excluding tert-OH is 3. The summed E-state index contributed by atoms with van der Waals surface area (Å²) in [7, 11) is 1.43. The molecule has 2 fully saturated rings. The Hall–Kier alpha value is -0.650. The van der Waals surface area contributed by atoms with E-state index in [4.69, 9.17) is 4.74 Å². The van der Waals surface area contributed by atoms with Crippen LogP contribution < -0.4 is 0 Å². The molecule has 32 heavy (non-hydrogen) atoms. The maximum absolute atomic E-state index is 11.7. The first kappa shape index (κ1) is 27.6. The molecule has 0 aromatic heterocycles. The van der Waals surface area contributed by atoms with Crippen molar-refractivity contribution in [2.24, 2.45) is 40.4 Å². The van der Waals surface area contributed by atoms with Gasteiger partial charge in [0.25, 0.3) is 0 Å². The van der Waals surface area contributed by atoms with Crippen molar-refractivity contribution in [1.82, 2.24) is 0 Å². The molecule has 0 spiro atoms. The van der Waals surface area contributed by atoms with Crippen LogP contribution in [0.15, 0.2) is 0 Å². The van der Waals surface area contributed by atoms with Gasteiger partial charge in [-0.25, -0.2) is 0 Å². The van der Waals surface area contributed by atoms with Crippen LogP contribution in [0.3, 0.4) is 0 Å². The van der Waals surface area contributed by atoms with E-state index >= 15 is 0 Å². The molecular formula is C27H50O5. The van der Waals surface area contributed by atoms with Gasteiger partial charge in [0.1, 0.15) is 0 Å². The van der Waals surface area contributed by atoms with Crippen molar-refractivity contribution in [3.63, 3.8) is 0 Å². The average Bonchev–Trinajstić information content (AvgIpc) is 3.13. The second-order valence-electron chi connectivity index (χ2n) is 11.7. The van der Waals surface area contributed by atoms with Crippen LogP contribution >= 0.6 is 0 Å². The number of fused-ring (bicyclic) bond motifs is 1. The highest BCUT2D eigenvalue weighted by molar-refractivity contribution is 5.69. The van der Waals surface area contributed by atoms with Crippen LogP contribution in [-0.2, 0) is 9.53 Å². The Bertz CT molecular complexity index is 605. The van der Waals surface area contributed by atoms with Gasteiger partial charge in [0.2, 0.25) is 0 Å². The van der Waals surface area contributed by atoms with E-state index in [1.807, 2.05) is 6.92 Å². The molecule has 3 N–H and O–H groups in total. The van der Waals surface area contributed by atoms with Gasteiger partial charge in [0.15, 0.2) is 0 Å². The number of carbonyl (C=O) groups is 1. The minimum atomic E-state index is -0.416. The highest BCUT2D eigenvalue weighted by Gasteiger charge is 2.61. The van der Waals surface area contributed by atoms with Crippen molar-refractivity contribution < 1.29 is 24.9 Å². The third-order valence-corrected chi connectivity index (χ3v) is 9.69. The lowest BCUT2D eigenvalue weighted by atomic mass is 9.49. The predicted molar refractivity (Wildman–Crippen MR) is 128 cm³/mol. The third kappa shape index (κ3) is 5.52. The normalized spacial score (nSPS) is 35.8. The number of methoxy groups -OCH3 is 1. The highest BCUT2D eigenvalue weighted by Crippen LogP contribution is 2.64. The summed E-state index contributed by atoms with van der Waals surface area (Å²) in [6.45, 7) is 13.0. The Kier molecular flexibility index (Phi) is 9.64. The van der Waals surface area contributed by atoms with E-state index in [2.05, 4.69) is 34.6 Å². The minimum absolute atomic E-state index is 0.0616. The number of rotatable bonds is 11. The molecule has 2 saturated carbocycles. The summed E-state index contributed by atoms with van der Waals surface area (Å²) in [5.74, 6) is 1.13. The van der Waals surface area contributed by atoms with Gasteiger partial charge in [0.05, 0.1) is 25.4 Å². The SMILES string of the molecule is CC[C@H](O)CCC(C)(C)[C@H]1C[C@H](O)[C@]2(C)[C@@H]([C@H](C)CCC(=O)OC)CC[C@H]2C1[C@H](O)CC. The van der Waals surface area contributed by atoms with Crippen molar-refractivity contribution in [2.75, 3.05) is 7.11 Å². The number of aliphatic hydroxyl groups is 3. The molecule has 0 bridgehead atoms. The Morgan fingerprint density at radius 1 is 1.16 bits per heavy atom. The van der Waals surface area contributed by atoms with Crippen LogP contribution in [0, 0.1) is 40.4 Å². The minimum Gasteiger partial charge on any atom is -0.469 e. The Labute approximate surface area is 196 Å². The number of esters is 1. The van der Waals surface area contributed by atoms with Crippen LogP contribution in [0.4, 0.5) is 0 Å². The van der Waals surface area contributed by atoms with Gasteiger partial charge in [-0.1, -0.05) is 41.5 Å². The summed E-state index contributed by atoms with van der Waals surface area (Å²) < 4.78 is 4.84. The second-order valence-corrected chi connectivity index (χ2v) is 11.7. The maximum atomic E-state index is 11.7. The van der Waals surface area contributed by atoms with E-state index < -0.39 is 6.10 Å². The lowest BCUT2D eigenvalue weighted by Crippen LogP contribution is -2.57. The molecule has 0 heterocycles. The Morgan fingerprint density at radius 2 is 1.81 bits per heavy atom. The van der Waals surface area contributed by atoms with Gasteiger partial charge < -0.3 is 20.1 Å². The molecule has 0 aliphatic heterocycles. The highest BCUT2D eigenvalue weighted by atomic mass is 16.5. The van der Waals surface area contributed by atoms with Crippen LogP contribution in [0.2, 0.25) is 0 Å². The molecule has 9 atom stereocenters. The smallest absolute Gasteiger partial charge is 0.305 e. The van der Waals surface area contributed by atoms with Gasteiger partial charge in [0, 0.05) is 6.42 Å². The molecule has 2 aliphatic carbocycles. The first-order valence-electron chi connectivity index (χ1n) is 13.0. The first-order chi connectivity index (χ1) is 14.9. The molecule has 1 unspecified atom stereocenters. The largest absolute Gasteiger partial charge is 0.469 e. The summed E-state index contributed by atoms with van der Waals surface area (Å²) >= 11 is 0. The molecule has 0 amide bonds. The molecule has 2 aliphatic rings. The fraction of sp³-hybridized carbons (Fsp3) is 0.963. The quantitative estimate of drug-likeness (QED) is 0.384. The van der Waals surface area contributed by atoms with Gasteiger partial charge in [-0.05, 0) is 91.8 Å². The van der Waals surface area contributed by atoms with E-state index in [0.717, 1.165) is 44.9 Å². The van der Waals surface area contributed by atoms with Crippen molar-refractivity contribution in [1.29, 1.82) is 0 Å². The van der Waals surface area contributed by atoms with E-state index in [1.54, 1.807) is 0 Å². The monoisotopic (exact) mass is 454 g/mol. The zero-order chi connectivity index (χ0) is 24.3. The number of ether oxygens (including phenoxy) is 1.